The Kier molecular flexibility index (Phi) is 5.84. The smallest absolute Gasteiger partial charge is 0.158 e. The SMILES string of the molecule is COC(CCNc1ncnc2c1c(-c1ccccc1)cn2-c1ccccc1)OC. The van der Waals surface area contributed by atoms with E-state index in [1.54, 1.807) is 20.5 Å². The van der Waals surface area contributed by atoms with Crippen LogP contribution in [0.2, 0.25) is 0 Å². The lowest BCUT2D eigenvalue weighted by Crippen LogP contribution is -2.18. The van der Waals surface area contributed by atoms with E-state index in [9.17, 15) is 0 Å². The van der Waals surface area contributed by atoms with Crippen molar-refractivity contribution in [3.8, 4) is 16.8 Å². The van der Waals surface area contributed by atoms with Gasteiger partial charge in [0.25, 0.3) is 0 Å². The molecule has 0 spiro atoms. The van der Waals surface area contributed by atoms with E-state index >= 15 is 0 Å². The molecule has 0 unspecified atom stereocenters. The minimum Gasteiger partial charge on any atom is -0.369 e. The van der Waals surface area contributed by atoms with Gasteiger partial charge in [0.15, 0.2) is 11.9 Å². The van der Waals surface area contributed by atoms with Gasteiger partial charge >= 0.3 is 0 Å². The quantitative estimate of drug-likeness (QED) is 0.450. The zero-order valence-corrected chi connectivity index (χ0v) is 16.6. The van der Waals surface area contributed by atoms with E-state index < -0.39 is 0 Å². The molecule has 4 aromatic rings. The third kappa shape index (κ3) is 3.99. The molecule has 0 radical (unpaired) electrons. The van der Waals surface area contributed by atoms with Gasteiger partial charge in [0, 0.05) is 44.6 Å². The highest BCUT2D eigenvalue weighted by atomic mass is 16.7. The number of hydrogen-bond acceptors (Lipinski definition) is 5. The van der Waals surface area contributed by atoms with Gasteiger partial charge in [-0.15, -0.1) is 0 Å². The van der Waals surface area contributed by atoms with Crippen LogP contribution in [0.1, 0.15) is 6.42 Å². The van der Waals surface area contributed by atoms with Crippen molar-refractivity contribution in [2.24, 2.45) is 0 Å². The molecule has 2 aromatic carbocycles. The van der Waals surface area contributed by atoms with E-state index in [0.29, 0.717) is 13.0 Å². The molecule has 0 amide bonds. The van der Waals surface area contributed by atoms with Crippen LogP contribution in [0.4, 0.5) is 5.82 Å². The van der Waals surface area contributed by atoms with Crippen molar-refractivity contribution in [3.05, 3.63) is 73.2 Å². The molecule has 0 saturated carbocycles. The van der Waals surface area contributed by atoms with Crippen LogP contribution in [-0.2, 0) is 9.47 Å². The summed E-state index contributed by atoms with van der Waals surface area (Å²) in [7, 11) is 3.29. The minimum atomic E-state index is -0.248. The van der Waals surface area contributed by atoms with E-state index in [2.05, 4.69) is 50.3 Å². The van der Waals surface area contributed by atoms with Crippen LogP contribution >= 0.6 is 0 Å². The summed E-state index contributed by atoms with van der Waals surface area (Å²) in [5.74, 6) is 0.800. The van der Waals surface area contributed by atoms with Gasteiger partial charge in [0.05, 0.1) is 5.39 Å². The molecule has 2 aromatic heterocycles. The van der Waals surface area contributed by atoms with Crippen LogP contribution in [0, 0.1) is 0 Å². The molecule has 4 rings (SSSR count). The Morgan fingerprint density at radius 3 is 2.31 bits per heavy atom. The summed E-state index contributed by atoms with van der Waals surface area (Å²) in [4.78, 5) is 9.13. The fraction of sp³-hybridized carbons (Fsp3) is 0.217. The number of nitrogens with zero attached hydrogens (tertiary/aromatic N) is 3. The molecule has 29 heavy (non-hydrogen) atoms. The Hall–Kier alpha value is -3.22. The van der Waals surface area contributed by atoms with Crippen molar-refractivity contribution in [1.82, 2.24) is 14.5 Å². The molecule has 0 aliphatic heterocycles. The van der Waals surface area contributed by atoms with Gasteiger partial charge in [-0.2, -0.15) is 0 Å². The number of nitrogens with one attached hydrogen (secondary N) is 1. The number of aromatic nitrogens is 3. The van der Waals surface area contributed by atoms with Crippen molar-refractivity contribution >= 4 is 16.9 Å². The van der Waals surface area contributed by atoms with Crippen LogP contribution in [-0.4, -0.2) is 41.6 Å². The molecule has 1 N–H and O–H groups in total. The van der Waals surface area contributed by atoms with Gasteiger partial charge < -0.3 is 19.4 Å². The molecule has 0 aliphatic carbocycles. The topological polar surface area (TPSA) is 61.2 Å². The van der Waals surface area contributed by atoms with E-state index in [4.69, 9.17) is 9.47 Å². The normalized spacial score (nSPS) is 11.3. The maximum atomic E-state index is 5.28. The van der Waals surface area contributed by atoms with Crippen molar-refractivity contribution in [1.29, 1.82) is 0 Å². The number of para-hydroxylation sites is 1. The maximum absolute atomic E-state index is 5.28. The summed E-state index contributed by atoms with van der Waals surface area (Å²) in [6.07, 6.45) is 4.19. The second kappa shape index (κ2) is 8.86. The molecule has 0 saturated heterocycles. The molecule has 6 heteroatoms. The number of hydrogen-bond donors (Lipinski definition) is 1. The Bertz CT molecular complexity index is 1060. The largest absolute Gasteiger partial charge is 0.369 e. The van der Waals surface area contributed by atoms with Gasteiger partial charge in [-0.3, -0.25) is 0 Å². The zero-order valence-electron chi connectivity index (χ0n) is 16.6. The molecular formula is C23H24N4O2. The van der Waals surface area contributed by atoms with Crippen LogP contribution in [0.5, 0.6) is 0 Å². The lowest BCUT2D eigenvalue weighted by molar-refractivity contribution is -0.103. The molecule has 0 fully saturated rings. The van der Waals surface area contributed by atoms with Crippen molar-refractivity contribution in [3.63, 3.8) is 0 Å². The predicted octanol–water partition coefficient (Wildman–Crippen LogP) is 4.51. The maximum Gasteiger partial charge on any atom is 0.158 e. The summed E-state index contributed by atoms with van der Waals surface area (Å²) in [5.41, 5.74) is 4.13. The molecule has 6 nitrogen and oxygen atoms in total. The lowest BCUT2D eigenvalue weighted by atomic mass is 10.1. The molecule has 148 valence electrons. The van der Waals surface area contributed by atoms with Crippen molar-refractivity contribution < 1.29 is 9.47 Å². The highest BCUT2D eigenvalue weighted by Gasteiger charge is 2.17. The third-order valence-electron chi connectivity index (χ3n) is 4.90. The Labute approximate surface area is 170 Å². The number of rotatable bonds is 8. The summed E-state index contributed by atoms with van der Waals surface area (Å²) in [5, 5.41) is 4.43. The van der Waals surface area contributed by atoms with E-state index in [1.807, 2.05) is 36.4 Å². The summed E-state index contributed by atoms with van der Waals surface area (Å²) >= 11 is 0. The molecule has 2 heterocycles. The average Bonchev–Trinajstić information content (AvgIpc) is 3.18. The fourth-order valence-electron chi connectivity index (χ4n) is 3.46. The first-order valence-electron chi connectivity index (χ1n) is 9.58. The van der Waals surface area contributed by atoms with Gasteiger partial charge in [0.2, 0.25) is 0 Å². The Morgan fingerprint density at radius 2 is 1.62 bits per heavy atom. The number of benzene rings is 2. The summed E-state index contributed by atoms with van der Waals surface area (Å²) in [6.45, 7) is 0.670. The predicted molar refractivity (Wildman–Crippen MR) is 115 cm³/mol. The monoisotopic (exact) mass is 388 g/mol. The first-order valence-corrected chi connectivity index (χ1v) is 9.58. The lowest BCUT2D eigenvalue weighted by Gasteiger charge is -2.14. The Morgan fingerprint density at radius 1 is 0.931 bits per heavy atom. The van der Waals surface area contributed by atoms with E-state index in [0.717, 1.165) is 33.7 Å². The number of ether oxygens (including phenoxy) is 2. The highest BCUT2D eigenvalue weighted by Crippen LogP contribution is 2.35. The first kappa shape index (κ1) is 19.1. The average molecular weight is 388 g/mol. The molecule has 0 atom stereocenters. The van der Waals surface area contributed by atoms with Gasteiger partial charge in [-0.05, 0) is 17.7 Å². The third-order valence-corrected chi connectivity index (χ3v) is 4.90. The molecular weight excluding hydrogens is 364 g/mol. The van der Waals surface area contributed by atoms with Crippen molar-refractivity contribution in [2.45, 2.75) is 12.7 Å². The number of anilines is 1. The zero-order chi connectivity index (χ0) is 20.1. The van der Waals surface area contributed by atoms with Gasteiger partial charge in [0.1, 0.15) is 12.1 Å². The second-order valence-corrected chi connectivity index (χ2v) is 6.65. The summed E-state index contributed by atoms with van der Waals surface area (Å²) < 4.78 is 12.7. The Balaban J connectivity index is 1.80. The number of fused-ring (bicyclic) bond motifs is 1. The van der Waals surface area contributed by atoms with Gasteiger partial charge in [-0.1, -0.05) is 48.5 Å². The van der Waals surface area contributed by atoms with Gasteiger partial charge in [-0.25, -0.2) is 9.97 Å². The second-order valence-electron chi connectivity index (χ2n) is 6.65. The molecule has 0 aliphatic rings. The standard InChI is InChI=1S/C23H24N4O2/c1-28-20(29-2)13-14-24-22-21-19(17-9-5-3-6-10-17)15-27(23(21)26-16-25-22)18-11-7-4-8-12-18/h3-12,15-16,20H,13-14H2,1-2H3,(H,24,25,26). The van der Waals surface area contributed by atoms with Crippen LogP contribution in [0.3, 0.4) is 0 Å². The van der Waals surface area contributed by atoms with E-state index in [-0.39, 0.29) is 6.29 Å². The molecule has 0 bridgehead atoms. The van der Waals surface area contributed by atoms with Crippen LogP contribution in [0.15, 0.2) is 73.2 Å². The summed E-state index contributed by atoms with van der Waals surface area (Å²) in [6, 6.07) is 20.5. The highest BCUT2D eigenvalue weighted by molar-refractivity contribution is 6.02. The minimum absolute atomic E-state index is 0.248. The van der Waals surface area contributed by atoms with Crippen molar-refractivity contribution in [2.75, 3.05) is 26.1 Å². The van der Waals surface area contributed by atoms with Crippen LogP contribution < -0.4 is 5.32 Å². The number of methoxy groups -OCH3 is 2. The first-order chi connectivity index (χ1) is 14.3. The fourth-order valence-corrected chi connectivity index (χ4v) is 3.46. The van der Waals surface area contributed by atoms with E-state index in [1.165, 1.54) is 0 Å². The van der Waals surface area contributed by atoms with Crippen LogP contribution in [0.25, 0.3) is 27.8 Å².